The van der Waals surface area contributed by atoms with Crippen LogP contribution in [0, 0.1) is 0 Å². The third-order valence-electron chi connectivity index (χ3n) is 7.75. The fraction of sp³-hybridized carbons (Fsp3) is 0.333. The van der Waals surface area contributed by atoms with Crippen molar-refractivity contribution >= 4 is 29.7 Å². The van der Waals surface area contributed by atoms with Crippen LogP contribution < -0.4 is 10.6 Å². The first-order valence-electron chi connectivity index (χ1n) is 14.7. The van der Waals surface area contributed by atoms with Crippen LogP contribution in [-0.4, -0.2) is 85.2 Å². The molecule has 5 rings (SSSR count). The maximum Gasteiger partial charge on any atom is 0.435 e. The lowest BCUT2D eigenvalue weighted by Gasteiger charge is -2.37. The summed E-state index contributed by atoms with van der Waals surface area (Å²) in [5.74, 6) is -0.209. The first kappa shape index (κ1) is 30.7. The summed E-state index contributed by atoms with van der Waals surface area (Å²) >= 11 is 0. The van der Waals surface area contributed by atoms with Crippen molar-refractivity contribution in [3.8, 4) is 0 Å². The molecule has 2 aliphatic heterocycles. The molecule has 0 spiro atoms. The van der Waals surface area contributed by atoms with E-state index in [0.717, 1.165) is 37.3 Å². The van der Waals surface area contributed by atoms with Gasteiger partial charge in [-0.3, -0.25) is 19.5 Å². The number of amidine groups is 1. The normalized spacial score (nSPS) is 18.5. The number of amides is 2. The molecule has 0 aliphatic carbocycles. The third-order valence-corrected chi connectivity index (χ3v) is 7.75. The summed E-state index contributed by atoms with van der Waals surface area (Å²) < 4.78 is 16.3. The number of hydrogen-bond donors (Lipinski definition) is 1. The quantitative estimate of drug-likeness (QED) is 0.160. The van der Waals surface area contributed by atoms with Gasteiger partial charge >= 0.3 is 18.2 Å². The molecule has 0 bridgehead atoms. The standard InChI is InChI=1S/C33H37N5O6/c1-24(31(39)42-22-25-8-4-2-5-9-25)37-18-16-36(17-19-37)20-29-21-38(33(41)44-29)28-14-12-27(13-15-28)30(34)35-32(40)43-23-26-10-6-3-7-11-26/h2-15,24,29H,16-23H2,1H3,(H2,34,35,40). The first-order chi connectivity index (χ1) is 21.4. The van der Waals surface area contributed by atoms with Crippen molar-refractivity contribution in [2.45, 2.75) is 32.3 Å². The maximum atomic E-state index is 12.7. The number of nitrogens with two attached hydrogens (primary N) is 1. The van der Waals surface area contributed by atoms with Gasteiger partial charge in [-0.15, -0.1) is 0 Å². The predicted molar refractivity (Wildman–Crippen MR) is 165 cm³/mol. The van der Waals surface area contributed by atoms with Crippen molar-refractivity contribution in [1.82, 2.24) is 9.80 Å². The van der Waals surface area contributed by atoms with Crippen molar-refractivity contribution in [3.63, 3.8) is 0 Å². The fourth-order valence-corrected chi connectivity index (χ4v) is 5.17. The molecular formula is C33H37N5O6. The Morgan fingerprint density at radius 2 is 1.48 bits per heavy atom. The fourth-order valence-electron chi connectivity index (χ4n) is 5.17. The zero-order chi connectivity index (χ0) is 30.9. The summed E-state index contributed by atoms with van der Waals surface area (Å²) in [5.41, 5.74) is 9.02. The topological polar surface area (TPSA) is 127 Å². The van der Waals surface area contributed by atoms with E-state index in [9.17, 15) is 14.4 Å². The number of benzene rings is 3. The highest BCUT2D eigenvalue weighted by Crippen LogP contribution is 2.23. The molecule has 2 N–H and O–H groups in total. The lowest BCUT2D eigenvalue weighted by atomic mass is 10.1. The number of hydrogen-bond acceptors (Lipinski definition) is 8. The van der Waals surface area contributed by atoms with Crippen LogP contribution in [-0.2, 0) is 32.2 Å². The molecule has 2 atom stereocenters. The van der Waals surface area contributed by atoms with Crippen LogP contribution in [0.5, 0.6) is 0 Å². The van der Waals surface area contributed by atoms with E-state index in [0.29, 0.717) is 24.3 Å². The van der Waals surface area contributed by atoms with E-state index in [1.807, 2.05) is 67.6 Å². The number of piperazine rings is 1. The van der Waals surface area contributed by atoms with Gasteiger partial charge in [0.1, 0.15) is 31.2 Å². The summed E-state index contributed by atoms with van der Waals surface area (Å²) in [6.45, 7) is 6.21. The zero-order valence-electron chi connectivity index (χ0n) is 24.7. The number of carbonyl (C=O) groups is 3. The molecule has 0 aromatic heterocycles. The molecule has 2 aliphatic rings. The van der Waals surface area contributed by atoms with Crippen LogP contribution >= 0.6 is 0 Å². The van der Waals surface area contributed by atoms with Crippen LogP contribution in [0.25, 0.3) is 0 Å². The SMILES string of the molecule is CC(C(=O)OCc1ccccc1)N1CCN(CC2CN(c3ccc(C(N)=NC(=O)OCc4ccccc4)cc3)C(=O)O2)CC1. The molecule has 11 nitrogen and oxygen atoms in total. The Morgan fingerprint density at radius 1 is 0.886 bits per heavy atom. The van der Waals surface area contributed by atoms with Crippen LogP contribution in [0.1, 0.15) is 23.6 Å². The largest absolute Gasteiger partial charge is 0.460 e. The Morgan fingerprint density at radius 3 is 2.09 bits per heavy atom. The molecular weight excluding hydrogens is 562 g/mol. The van der Waals surface area contributed by atoms with E-state index in [4.69, 9.17) is 19.9 Å². The van der Waals surface area contributed by atoms with E-state index in [1.54, 1.807) is 29.2 Å². The Labute approximate surface area is 256 Å². The average Bonchev–Trinajstić information content (AvgIpc) is 3.43. The Kier molecular flexibility index (Phi) is 10.2. The minimum absolute atomic E-state index is 0.0226. The second kappa shape index (κ2) is 14.6. The number of carbonyl (C=O) groups excluding carboxylic acids is 3. The van der Waals surface area contributed by atoms with Gasteiger partial charge in [-0.1, -0.05) is 60.7 Å². The smallest absolute Gasteiger partial charge is 0.435 e. The monoisotopic (exact) mass is 599 g/mol. The Bertz CT molecular complexity index is 1440. The summed E-state index contributed by atoms with van der Waals surface area (Å²) in [6.07, 6.45) is -1.48. The second-order valence-electron chi connectivity index (χ2n) is 10.8. The van der Waals surface area contributed by atoms with Crippen LogP contribution in [0.4, 0.5) is 15.3 Å². The van der Waals surface area contributed by atoms with Gasteiger partial charge in [0.05, 0.1) is 6.54 Å². The molecule has 11 heteroatoms. The van der Waals surface area contributed by atoms with Gasteiger partial charge in [-0.25, -0.2) is 9.59 Å². The molecule has 0 radical (unpaired) electrons. The molecule has 230 valence electrons. The van der Waals surface area contributed by atoms with Gasteiger partial charge in [-0.05, 0) is 42.3 Å². The van der Waals surface area contributed by atoms with Crippen LogP contribution in [0.15, 0.2) is 89.9 Å². The number of anilines is 1. The van der Waals surface area contributed by atoms with Gasteiger partial charge < -0.3 is 19.9 Å². The lowest BCUT2D eigenvalue weighted by molar-refractivity contribution is -0.151. The third kappa shape index (κ3) is 8.21. The molecule has 2 unspecified atom stereocenters. The highest BCUT2D eigenvalue weighted by Gasteiger charge is 2.35. The molecule has 44 heavy (non-hydrogen) atoms. The number of aliphatic imine (C=N–C) groups is 1. The maximum absolute atomic E-state index is 12.7. The zero-order valence-corrected chi connectivity index (χ0v) is 24.7. The number of ether oxygens (including phenoxy) is 3. The average molecular weight is 600 g/mol. The number of nitrogens with zero attached hydrogens (tertiary/aromatic N) is 4. The Balaban J connectivity index is 1.05. The molecule has 3 aromatic rings. The van der Waals surface area contributed by atoms with Crippen molar-refractivity contribution in [2.75, 3.05) is 44.2 Å². The van der Waals surface area contributed by atoms with E-state index >= 15 is 0 Å². The van der Waals surface area contributed by atoms with Crippen molar-refractivity contribution in [3.05, 3.63) is 102 Å². The van der Waals surface area contributed by atoms with Gasteiger partial charge in [0, 0.05) is 44.0 Å². The molecule has 2 fully saturated rings. The van der Waals surface area contributed by atoms with E-state index in [2.05, 4.69) is 14.8 Å². The molecule has 2 heterocycles. The lowest BCUT2D eigenvalue weighted by Crippen LogP contribution is -2.53. The first-order valence-corrected chi connectivity index (χ1v) is 14.7. The van der Waals surface area contributed by atoms with E-state index < -0.39 is 12.2 Å². The molecule has 2 amide bonds. The predicted octanol–water partition coefficient (Wildman–Crippen LogP) is 3.80. The number of rotatable bonds is 10. The van der Waals surface area contributed by atoms with Gasteiger partial charge in [0.25, 0.3) is 0 Å². The van der Waals surface area contributed by atoms with Crippen molar-refractivity contribution in [1.29, 1.82) is 0 Å². The molecule has 3 aromatic carbocycles. The summed E-state index contributed by atoms with van der Waals surface area (Å²) in [5, 5.41) is 0. The van der Waals surface area contributed by atoms with Crippen LogP contribution in [0.2, 0.25) is 0 Å². The summed E-state index contributed by atoms with van der Waals surface area (Å²) in [7, 11) is 0. The van der Waals surface area contributed by atoms with Gasteiger partial charge in [0.2, 0.25) is 0 Å². The number of cyclic esters (lactones) is 1. The second-order valence-corrected chi connectivity index (χ2v) is 10.8. The van der Waals surface area contributed by atoms with Crippen molar-refractivity contribution < 1.29 is 28.6 Å². The summed E-state index contributed by atoms with van der Waals surface area (Å²) in [6, 6.07) is 25.5. The summed E-state index contributed by atoms with van der Waals surface area (Å²) in [4.78, 5) is 47.1. The van der Waals surface area contributed by atoms with Gasteiger partial charge in [-0.2, -0.15) is 4.99 Å². The Hall–Kier alpha value is -4.74. The van der Waals surface area contributed by atoms with Crippen molar-refractivity contribution in [2.24, 2.45) is 10.7 Å². The van der Waals surface area contributed by atoms with E-state index in [-0.39, 0.29) is 37.2 Å². The molecule has 2 saturated heterocycles. The molecule has 0 saturated carbocycles. The number of esters is 1. The highest BCUT2D eigenvalue weighted by molar-refractivity contribution is 6.03. The van der Waals surface area contributed by atoms with Gasteiger partial charge in [0.15, 0.2) is 0 Å². The van der Waals surface area contributed by atoms with Crippen LogP contribution in [0.3, 0.4) is 0 Å². The minimum Gasteiger partial charge on any atom is -0.460 e. The highest BCUT2D eigenvalue weighted by atomic mass is 16.6. The minimum atomic E-state index is -0.778. The van der Waals surface area contributed by atoms with E-state index in [1.165, 1.54) is 0 Å².